The number of unbranched alkanes of at least 4 members (excludes halogenated alkanes) is 18. The van der Waals surface area contributed by atoms with Crippen LogP contribution in [0.25, 0.3) is 0 Å². The highest BCUT2D eigenvalue weighted by molar-refractivity contribution is 5.69. The van der Waals surface area contributed by atoms with Crippen molar-refractivity contribution in [3.8, 4) is 0 Å². The Morgan fingerprint density at radius 3 is 0.981 bits per heavy atom. The van der Waals surface area contributed by atoms with E-state index in [2.05, 4.69) is 46.7 Å². The van der Waals surface area contributed by atoms with Crippen molar-refractivity contribution in [2.75, 3.05) is 33.9 Å². The van der Waals surface area contributed by atoms with Crippen molar-refractivity contribution in [2.45, 2.75) is 246 Å². The molecule has 0 aliphatic heterocycles. The lowest BCUT2D eigenvalue weighted by atomic mass is 9.92. The predicted octanol–water partition coefficient (Wildman–Crippen LogP) is 14.8. The van der Waals surface area contributed by atoms with Gasteiger partial charge in [0.25, 0.3) is 0 Å². The molecule has 0 unspecified atom stereocenters. The molecule has 316 valence electrons. The molecule has 0 N–H and O–H groups in total. The van der Waals surface area contributed by atoms with E-state index in [-0.39, 0.29) is 11.9 Å². The molecule has 0 aliphatic rings. The largest absolute Gasteiger partial charge is 0.466 e. The quantitative estimate of drug-likeness (QED) is 0.0459. The molecule has 5 nitrogen and oxygen atoms in total. The Balaban J connectivity index is 3.93. The number of carbonyl (C=O) groups is 2. The molecule has 0 fully saturated rings. The summed E-state index contributed by atoms with van der Waals surface area (Å²) in [6.07, 6.45) is 41.4. The monoisotopic (exact) mass is 750 g/mol. The fraction of sp³-hybridized carbons (Fsp3) is 0.958. The lowest BCUT2D eigenvalue weighted by molar-refractivity contribution is -0.145. The van der Waals surface area contributed by atoms with Gasteiger partial charge < -0.3 is 14.4 Å². The maximum atomic E-state index is 12.3. The minimum absolute atomic E-state index is 0.0159. The molecule has 0 aliphatic carbocycles. The van der Waals surface area contributed by atoms with E-state index in [1.54, 1.807) is 0 Å². The normalized spacial score (nSPS) is 11.8. The summed E-state index contributed by atoms with van der Waals surface area (Å²) in [7, 11) is 4.42. The highest BCUT2D eigenvalue weighted by Crippen LogP contribution is 2.23. The number of ether oxygens (including phenoxy) is 2. The van der Waals surface area contributed by atoms with E-state index < -0.39 is 0 Å². The van der Waals surface area contributed by atoms with E-state index in [9.17, 15) is 9.59 Å². The van der Waals surface area contributed by atoms with Crippen LogP contribution in [-0.2, 0) is 19.1 Å². The third-order valence-electron chi connectivity index (χ3n) is 11.6. The zero-order valence-corrected chi connectivity index (χ0v) is 37.0. The Kier molecular flexibility index (Phi) is 39.7. The molecule has 0 atom stereocenters. The van der Waals surface area contributed by atoms with Crippen LogP contribution >= 0.6 is 0 Å². The van der Waals surface area contributed by atoms with Gasteiger partial charge in [-0.2, -0.15) is 0 Å². The highest BCUT2D eigenvalue weighted by atomic mass is 16.5. The second-order valence-electron chi connectivity index (χ2n) is 17.2. The standard InChI is InChI=1S/C48H95NO4/c1-7-11-23-31-44(32-24-12-8-2)39-41-52-47(50)37-29-21-17-15-19-27-35-46(43-49(5)6)36-28-20-16-18-22-30-38-48(51)53-42-40-45(33-25-13-9-3)34-26-14-10-4/h44-46H,7-43H2,1-6H3. The highest BCUT2D eigenvalue weighted by Gasteiger charge is 2.13. The Labute approximate surface area is 332 Å². The van der Waals surface area contributed by atoms with Crippen LogP contribution in [0.4, 0.5) is 0 Å². The molecule has 0 amide bonds. The van der Waals surface area contributed by atoms with Gasteiger partial charge in [-0.25, -0.2) is 0 Å². The van der Waals surface area contributed by atoms with Crippen molar-refractivity contribution in [2.24, 2.45) is 17.8 Å². The van der Waals surface area contributed by atoms with Crippen molar-refractivity contribution in [1.29, 1.82) is 0 Å². The number of carbonyl (C=O) groups excluding carboxylic acids is 2. The summed E-state index contributed by atoms with van der Waals surface area (Å²) in [5.41, 5.74) is 0. The minimum Gasteiger partial charge on any atom is -0.466 e. The molecule has 0 aromatic rings. The van der Waals surface area contributed by atoms with Crippen molar-refractivity contribution in [3.63, 3.8) is 0 Å². The summed E-state index contributed by atoms with van der Waals surface area (Å²) >= 11 is 0. The summed E-state index contributed by atoms with van der Waals surface area (Å²) in [4.78, 5) is 27.0. The van der Waals surface area contributed by atoms with E-state index >= 15 is 0 Å². The van der Waals surface area contributed by atoms with Crippen LogP contribution in [0.15, 0.2) is 0 Å². The Morgan fingerprint density at radius 1 is 0.377 bits per heavy atom. The Hall–Kier alpha value is -1.10. The predicted molar refractivity (Wildman–Crippen MR) is 231 cm³/mol. The number of rotatable bonds is 42. The molecule has 0 aromatic heterocycles. The average molecular weight is 750 g/mol. The first kappa shape index (κ1) is 51.9. The number of esters is 2. The van der Waals surface area contributed by atoms with E-state index in [0.29, 0.717) is 26.1 Å². The summed E-state index contributed by atoms with van der Waals surface area (Å²) in [6, 6.07) is 0. The second-order valence-corrected chi connectivity index (χ2v) is 17.2. The summed E-state index contributed by atoms with van der Waals surface area (Å²) in [5, 5.41) is 0. The smallest absolute Gasteiger partial charge is 0.305 e. The second kappa shape index (κ2) is 40.6. The Bertz CT molecular complexity index is 693. The maximum absolute atomic E-state index is 12.3. The first-order valence-corrected chi connectivity index (χ1v) is 23.8. The molecule has 53 heavy (non-hydrogen) atoms. The van der Waals surface area contributed by atoms with E-state index in [1.165, 1.54) is 173 Å². The number of hydrogen-bond acceptors (Lipinski definition) is 5. The maximum Gasteiger partial charge on any atom is 0.305 e. The third-order valence-corrected chi connectivity index (χ3v) is 11.6. The van der Waals surface area contributed by atoms with Gasteiger partial charge in [0.15, 0.2) is 0 Å². The van der Waals surface area contributed by atoms with Crippen LogP contribution in [-0.4, -0.2) is 50.7 Å². The molecule has 0 radical (unpaired) electrons. The molecule has 0 spiro atoms. The van der Waals surface area contributed by atoms with E-state index in [1.807, 2.05) is 0 Å². The van der Waals surface area contributed by atoms with Crippen LogP contribution in [0.3, 0.4) is 0 Å². The first-order valence-electron chi connectivity index (χ1n) is 23.8. The molecule has 0 saturated heterocycles. The minimum atomic E-state index is 0.0159. The molecule has 0 saturated carbocycles. The first-order chi connectivity index (χ1) is 25.9. The molecule has 0 aromatic carbocycles. The molecule has 0 rings (SSSR count). The molecule has 0 heterocycles. The topological polar surface area (TPSA) is 55.8 Å². The van der Waals surface area contributed by atoms with Gasteiger partial charge in [-0.05, 0) is 70.4 Å². The van der Waals surface area contributed by atoms with Crippen molar-refractivity contribution in [1.82, 2.24) is 4.90 Å². The SMILES string of the molecule is CCCCCC(CCCCC)CCOC(=O)CCCCCCCCC(CCCCCCCCC(=O)OCCC(CCCCC)CCCCC)CN(C)C. The van der Waals surface area contributed by atoms with Gasteiger partial charge in [0.1, 0.15) is 0 Å². The van der Waals surface area contributed by atoms with Gasteiger partial charge in [-0.15, -0.1) is 0 Å². The molecular formula is C48H95NO4. The van der Waals surface area contributed by atoms with Gasteiger partial charge in [-0.1, -0.05) is 195 Å². The number of hydrogen-bond donors (Lipinski definition) is 0. The number of nitrogens with zero attached hydrogens (tertiary/aromatic N) is 1. The van der Waals surface area contributed by atoms with Crippen LogP contribution in [0, 0.1) is 17.8 Å². The summed E-state index contributed by atoms with van der Waals surface area (Å²) < 4.78 is 11.3. The van der Waals surface area contributed by atoms with Gasteiger partial charge in [0.05, 0.1) is 13.2 Å². The van der Waals surface area contributed by atoms with Crippen LogP contribution in [0.1, 0.15) is 246 Å². The van der Waals surface area contributed by atoms with Crippen molar-refractivity contribution < 1.29 is 19.1 Å². The third kappa shape index (κ3) is 37.6. The molecule has 0 bridgehead atoms. The van der Waals surface area contributed by atoms with Gasteiger partial charge >= 0.3 is 11.9 Å². The van der Waals surface area contributed by atoms with Gasteiger partial charge in [0, 0.05) is 19.4 Å². The molecule has 5 heteroatoms. The van der Waals surface area contributed by atoms with Crippen LogP contribution < -0.4 is 0 Å². The van der Waals surface area contributed by atoms with Crippen molar-refractivity contribution in [3.05, 3.63) is 0 Å². The zero-order valence-electron chi connectivity index (χ0n) is 37.0. The lowest BCUT2D eigenvalue weighted by Crippen LogP contribution is -2.21. The van der Waals surface area contributed by atoms with Crippen molar-refractivity contribution >= 4 is 11.9 Å². The van der Waals surface area contributed by atoms with Crippen LogP contribution in [0.2, 0.25) is 0 Å². The zero-order chi connectivity index (χ0) is 39.0. The lowest BCUT2D eigenvalue weighted by Gasteiger charge is -2.21. The summed E-state index contributed by atoms with van der Waals surface area (Å²) in [6.45, 7) is 11.5. The Morgan fingerprint density at radius 2 is 0.660 bits per heavy atom. The van der Waals surface area contributed by atoms with E-state index in [4.69, 9.17) is 9.47 Å². The van der Waals surface area contributed by atoms with E-state index in [0.717, 1.165) is 56.3 Å². The molecular weight excluding hydrogens is 655 g/mol. The fourth-order valence-corrected chi connectivity index (χ4v) is 8.08. The fourth-order valence-electron chi connectivity index (χ4n) is 8.08. The van der Waals surface area contributed by atoms with Crippen LogP contribution in [0.5, 0.6) is 0 Å². The average Bonchev–Trinajstić information content (AvgIpc) is 3.13. The summed E-state index contributed by atoms with van der Waals surface area (Å²) in [5.74, 6) is 2.28. The van der Waals surface area contributed by atoms with Gasteiger partial charge in [0.2, 0.25) is 0 Å². The van der Waals surface area contributed by atoms with Gasteiger partial charge in [-0.3, -0.25) is 9.59 Å².